The normalized spacial score (nSPS) is 32.2. The summed E-state index contributed by atoms with van der Waals surface area (Å²) in [5, 5.41) is 9.32. The Balaban J connectivity index is 2.02. The lowest BCUT2D eigenvalue weighted by Gasteiger charge is -2.23. The maximum absolute atomic E-state index is 12.6. The van der Waals surface area contributed by atoms with Gasteiger partial charge in [0.05, 0.1) is 24.9 Å². The molecule has 6 nitrogen and oxygen atoms in total. The minimum atomic E-state index is -0.881. The highest BCUT2D eigenvalue weighted by Gasteiger charge is 2.45. The highest BCUT2D eigenvalue weighted by atomic mass is 16.5. The number of carboxylic acid groups (broad SMARTS) is 1. The summed E-state index contributed by atoms with van der Waals surface area (Å²) < 4.78 is 4.71. The highest BCUT2D eigenvalue weighted by Crippen LogP contribution is 2.40. The molecule has 1 heterocycles. The van der Waals surface area contributed by atoms with Gasteiger partial charge in [0.2, 0.25) is 5.91 Å². The zero-order valence-electron chi connectivity index (χ0n) is 12.6. The summed E-state index contributed by atoms with van der Waals surface area (Å²) in [4.78, 5) is 37.1. The third-order valence-electron chi connectivity index (χ3n) is 4.91. The Kier molecular flexibility index (Phi) is 4.85. The van der Waals surface area contributed by atoms with Gasteiger partial charge in [0.25, 0.3) is 0 Å². The minimum Gasteiger partial charge on any atom is -0.481 e. The SMILES string of the molecule is CCC1CC(C(=O)O)C(C(=O)N2CCC(C(=O)OC)C2)C1. The molecule has 0 spiro atoms. The van der Waals surface area contributed by atoms with E-state index in [2.05, 4.69) is 0 Å². The molecule has 2 fully saturated rings. The summed E-state index contributed by atoms with van der Waals surface area (Å²) >= 11 is 0. The molecule has 1 N–H and O–H groups in total. The lowest BCUT2D eigenvalue weighted by atomic mass is 9.95. The first-order valence-electron chi connectivity index (χ1n) is 7.57. The fourth-order valence-corrected chi connectivity index (χ4v) is 3.58. The Morgan fingerprint density at radius 1 is 1.24 bits per heavy atom. The largest absolute Gasteiger partial charge is 0.481 e. The molecule has 21 heavy (non-hydrogen) atoms. The molecule has 0 radical (unpaired) electrons. The van der Waals surface area contributed by atoms with Crippen molar-refractivity contribution in [2.45, 2.75) is 32.6 Å². The van der Waals surface area contributed by atoms with Crippen molar-refractivity contribution in [2.75, 3.05) is 20.2 Å². The molecular formula is C15H23NO5. The van der Waals surface area contributed by atoms with E-state index in [1.54, 1.807) is 4.90 Å². The van der Waals surface area contributed by atoms with Gasteiger partial charge < -0.3 is 14.7 Å². The number of carbonyl (C=O) groups is 3. The van der Waals surface area contributed by atoms with E-state index < -0.39 is 17.8 Å². The number of ether oxygens (including phenoxy) is 1. The van der Waals surface area contributed by atoms with Crippen LogP contribution in [0.3, 0.4) is 0 Å². The Bertz CT molecular complexity index is 436. The molecule has 1 aliphatic heterocycles. The van der Waals surface area contributed by atoms with Gasteiger partial charge in [-0.15, -0.1) is 0 Å². The van der Waals surface area contributed by atoms with Crippen molar-refractivity contribution in [1.82, 2.24) is 4.90 Å². The second kappa shape index (κ2) is 6.45. The Morgan fingerprint density at radius 3 is 2.48 bits per heavy atom. The summed E-state index contributed by atoms with van der Waals surface area (Å²) in [5.41, 5.74) is 0. The maximum Gasteiger partial charge on any atom is 0.310 e. The second-order valence-corrected chi connectivity index (χ2v) is 6.09. The zero-order valence-corrected chi connectivity index (χ0v) is 12.6. The number of carboxylic acids is 1. The maximum atomic E-state index is 12.6. The monoisotopic (exact) mass is 297 g/mol. The number of methoxy groups -OCH3 is 1. The fraction of sp³-hybridized carbons (Fsp3) is 0.800. The molecule has 0 aromatic heterocycles. The molecule has 1 saturated carbocycles. The third-order valence-corrected chi connectivity index (χ3v) is 4.91. The van der Waals surface area contributed by atoms with Gasteiger partial charge in [0.15, 0.2) is 0 Å². The van der Waals surface area contributed by atoms with E-state index in [0.717, 1.165) is 6.42 Å². The van der Waals surface area contributed by atoms with Crippen LogP contribution in [-0.2, 0) is 19.1 Å². The van der Waals surface area contributed by atoms with Crippen LogP contribution in [0.25, 0.3) is 0 Å². The lowest BCUT2D eigenvalue weighted by molar-refractivity contribution is -0.149. The Morgan fingerprint density at radius 2 is 1.90 bits per heavy atom. The van der Waals surface area contributed by atoms with E-state index in [-0.39, 0.29) is 17.8 Å². The number of hydrogen-bond donors (Lipinski definition) is 1. The quantitative estimate of drug-likeness (QED) is 0.787. The molecule has 1 aliphatic carbocycles. The van der Waals surface area contributed by atoms with Gasteiger partial charge in [-0.05, 0) is 25.2 Å². The van der Waals surface area contributed by atoms with Crippen LogP contribution in [0, 0.1) is 23.7 Å². The van der Waals surface area contributed by atoms with Crippen LogP contribution < -0.4 is 0 Å². The van der Waals surface area contributed by atoms with Gasteiger partial charge in [-0.25, -0.2) is 0 Å². The van der Waals surface area contributed by atoms with Gasteiger partial charge in [-0.3, -0.25) is 14.4 Å². The molecular weight excluding hydrogens is 274 g/mol. The summed E-state index contributed by atoms with van der Waals surface area (Å²) in [6, 6.07) is 0. The number of hydrogen-bond acceptors (Lipinski definition) is 4. The summed E-state index contributed by atoms with van der Waals surface area (Å²) in [6.07, 6.45) is 2.72. The molecule has 6 heteroatoms. The van der Waals surface area contributed by atoms with Gasteiger partial charge in [-0.2, -0.15) is 0 Å². The van der Waals surface area contributed by atoms with Crippen molar-refractivity contribution in [3.05, 3.63) is 0 Å². The molecule has 0 aromatic carbocycles. The summed E-state index contributed by atoms with van der Waals surface area (Å²) in [6.45, 7) is 2.89. The summed E-state index contributed by atoms with van der Waals surface area (Å²) in [5.74, 6) is -2.27. The van der Waals surface area contributed by atoms with E-state index in [1.165, 1.54) is 7.11 Å². The van der Waals surface area contributed by atoms with Crippen LogP contribution in [0.2, 0.25) is 0 Å². The second-order valence-electron chi connectivity index (χ2n) is 6.09. The topological polar surface area (TPSA) is 83.9 Å². The third kappa shape index (κ3) is 3.19. The van der Waals surface area contributed by atoms with E-state index in [9.17, 15) is 19.5 Å². The lowest BCUT2D eigenvalue weighted by Crippen LogP contribution is -2.38. The summed E-state index contributed by atoms with van der Waals surface area (Å²) in [7, 11) is 1.34. The van der Waals surface area contributed by atoms with Crippen molar-refractivity contribution < 1.29 is 24.2 Å². The first-order chi connectivity index (χ1) is 9.97. The van der Waals surface area contributed by atoms with Crippen LogP contribution >= 0.6 is 0 Å². The molecule has 4 unspecified atom stereocenters. The molecule has 1 amide bonds. The number of amides is 1. The first kappa shape index (κ1) is 15.8. The average Bonchev–Trinajstić information content (AvgIpc) is 3.12. The number of carbonyl (C=O) groups excluding carboxylic acids is 2. The number of aliphatic carboxylic acids is 1. The van der Waals surface area contributed by atoms with Gasteiger partial charge in [0, 0.05) is 13.1 Å². The van der Waals surface area contributed by atoms with Crippen LogP contribution in [0.1, 0.15) is 32.6 Å². The van der Waals surface area contributed by atoms with Gasteiger partial charge in [-0.1, -0.05) is 13.3 Å². The van der Waals surface area contributed by atoms with E-state index in [1.807, 2.05) is 6.92 Å². The predicted octanol–water partition coefficient (Wildman–Crippen LogP) is 1.14. The number of rotatable bonds is 4. The average molecular weight is 297 g/mol. The number of likely N-dealkylation sites (tertiary alicyclic amines) is 1. The molecule has 2 rings (SSSR count). The predicted molar refractivity (Wildman–Crippen MR) is 74.3 cm³/mol. The molecule has 0 bridgehead atoms. The van der Waals surface area contributed by atoms with Crippen molar-refractivity contribution in [3.8, 4) is 0 Å². The first-order valence-corrected chi connectivity index (χ1v) is 7.57. The van der Waals surface area contributed by atoms with Crippen molar-refractivity contribution in [3.63, 3.8) is 0 Å². The minimum absolute atomic E-state index is 0.107. The van der Waals surface area contributed by atoms with E-state index in [4.69, 9.17) is 4.74 Å². The fourth-order valence-electron chi connectivity index (χ4n) is 3.58. The van der Waals surface area contributed by atoms with Crippen molar-refractivity contribution in [2.24, 2.45) is 23.7 Å². The highest BCUT2D eigenvalue weighted by molar-refractivity contribution is 5.86. The number of esters is 1. The van der Waals surface area contributed by atoms with E-state index >= 15 is 0 Å². The molecule has 118 valence electrons. The Hall–Kier alpha value is -1.59. The molecule has 0 aromatic rings. The Labute approximate surface area is 124 Å². The molecule has 1 saturated heterocycles. The van der Waals surface area contributed by atoms with Gasteiger partial charge in [0.1, 0.15) is 0 Å². The van der Waals surface area contributed by atoms with Crippen LogP contribution in [0.15, 0.2) is 0 Å². The van der Waals surface area contributed by atoms with Crippen LogP contribution in [0.5, 0.6) is 0 Å². The number of nitrogens with zero attached hydrogens (tertiary/aromatic N) is 1. The molecule has 2 aliphatic rings. The zero-order chi connectivity index (χ0) is 15.6. The van der Waals surface area contributed by atoms with Crippen LogP contribution in [-0.4, -0.2) is 48.1 Å². The standard InChI is InChI=1S/C15H23NO5/c1-3-9-6-11(12(7-9)14(18)19)13(17)16-5-4-10(8-16)15(20)21-2/h9-12H,3-8H2,1-2H3,(H,18,19). The smallest absolute Gasteiger partial charge is 0.310 e. The van der Waals surface area contributed by atoms with Gasteiger partial charge >= 0.3 is 11.9 Å². The van der Waals surface area contributed by atoms with Crippen LogP contribution in [0.4, 0.5) is 0 Å². The van der Waals surface area contributed by atoms with Crippen molar-refractivity contribution >= 4 is 17.8 Å². The van der Waals surface area contributed by atoms with E-state index in [0.29, 0.717) is 38.3 Å². The van der Waals surface area contributed by atoms with Crippen molar-refractivity contribution in [1.29, 1.82) is 0 Å². The molecule has 4 atom stereocenters.